The van der Waals surface area contributed by atoms with Crippen molar-refractivity contribution < 1.29 is 4.39 Å². The van der Waals surface area contributed by atoms with Gasteiger partial charge in [-0.2, -0.15) is 5.10 Å². The van der Waals surface area contributed by atoms with Crippen LogP contribution in [0.1, 0.15) is 34.7 Å². The van der Waals surface area contributed by atoms with Gasteiger partial charge in [-0.15, -0.1) is 0 Å². The molecule has 0 fully saturated rings. The highest BCUT2D eigenvalue weighted by atomic mass is 19.1. The number of halogens is 1. The molecule has 0 amide bonds. The summed E-state index contributed by atoms with van der Waals surface area (Å²) in [6.45, 7) is 4.24. The van der Waals surface area contributed by atoms with Gasteiger partial charge in [-0.3, -0.25) is 4.68 Å². The second-order valence-electron chi connectivity index (χ2n) is 6.96. The lowest BCUT2D eigenvalue weighted by molar-refractivity contribution is 0.589. The first-order chi connectivity index (χ1) is 12.0. The molecule has 0 spiro atoms. The van der Waals surface area contributed by atoms with Crippen molar-refractivity contribution in [2.45, 2.75) is 32.7 Å². The van der Waals surface area contributed by atoms with Gasteiger partial charge in [0.2, 0.25) is 0 Å². The van der Waals surface area contributed by atoms with Gasteiger partial charge in [-0.1, -0.05) is 6.07 Å². The molecule has 4 heteroatoms. The molecule has 0 aliphatic heterocycles. The molecule has 0 radical (unpaired) electrons. The van der Waals surface area contributed by atoms with E-state index in [4.69, 9.17) is 5.73 Å². The van der Waals surface area contributed by atoms with E-state index in [1.807, 2.05) is 30.1 Å². The lowest BCUT2D eigenvalue weighted by Gasteiger charge is -2.17. The molecule has 0 saturated carbocycles. The van der Waals surface area contributed by atoms with Crippen molar-refractivity contribution in [3.05, 3.63) is 64.6 Å². The number of nitrogens with two attached hydrogens (primary N) is 1. The molecule has 1 aromatic heterocycles. The van der Waals surface area contributed by atoms with Crippen LogP contribution >= 0.6 is 0 Å². The molecule has 1 heterocycles. The van der Waals surface area contributed by atoms with Gasteiger partial charge in [-0.05, 0) is 78.8 Å². The Labute approximate surface area is 147 Å². The average molecular weight is 335 g/mol. The third-order valence-corrected chi connectivity index (χ3v) is 5.30. The van der Waals surface area contributed by atoms with Gasteiger partial charge in [0.05, 0.1) is 5.69 Å². The summed E-state index contributed by atoms with van der Waals surface area (Å²) in [5.74, 6) is -0.175. The maximum atomic E-state index is 14.2. The van der Waals surface area contributed by atoms with Crippen molar-refractivity contribution in [1.82, 2.24) is 9.78 Å². The third-order valence-electron chi connectivity index (χ3n) is 5.30. The molecule has 3 aromatic rings. The SMILES string of the molecule is Cc1cc(-c2ccnn2C)cc(C)c1-c1ccc(F)c2c1CC[C@H]2N. The van der Waals surface area contributed by atoms with Crippen molar-refractivity contribution in [2.24, 2.45) is 12.8 Å². The zero-order chi connectivity index (χ0) is 17.7. The molecular weight excluding hydrogens is 313 g/mol. The molecule has 1 atom stereocenters. The van der Waals surface area contributed by atoms with Crippen LogP contribution in [0.5, 0.6) is 0 Å². The highest BCUT2D eigenvalue weighted by Gasteiger charge is 2.26. The lowest BCUT2D eigenvalue weighted by Crippen LogP contribution is -2.08. The van der Waals surface area contributed by atoms with E-state index < -0.39 is 0 Å². The topological polar surface area (TPSA) is 43.8 Å². The van der Waals surface area contributed by atoms with E-state index in [1.165, 1.54) is 16.7 Å². The molecule has 3 nitrogen and oxygen atoms in total. The van der Waals surface area contributed by atoms with Crippen molar-refractivity contribution >= 4 is 0 Å². The molecule has 0 unspecified atom stereocenters. The number of aromatic nitrogens is 2. The Morgan fingerprint density at radius 3 is 2.52 bits per heavy atom. The second-order valence-corrected chi connectivity index (χ2v) is 6.96. The smallest absolute Gasteiger partial charge is 0.128 e. The highest BCUT2D eigenvalue weighted by molar-refractivity contribution is 5.79. The van der Waals surface area contributed by atoms with Gasteiger partial charge in [0.1, 0.15) is 5.82 Å². The fourth-order valence-corrected chi connectivity index (χ4v) is 4.18. The molecule has 25 heavy (non-hydrogen) atoms. The van der Waals surface area contributed by atoms with Crippen LogP contribution in [0, 0.1) is 19.7 Å². The maximum absolute atomic E-state index is 14.2. The Balaban J connectivity index is 1.90. The van der Waals surface area contributed by atoms with E-state index in [1.54, 1.807) is 6.07 Å². The van der Waals surface area contributed by atoms with Crippen molar-refractivity contribution in [3.8, 4) is 22.4 Å². The highest BCUT2D eigenvalue weighted by Crippen LogP contribution is 2.41. The van der Waals surface area contributed by atoms with Gasteiger partial charge in [0.25, 0.3) is 0 Å². The van der Waals surface area contributed by atoms with Crippen molar-refractivity contribution in [1.29, 1.82) is 0 Å². The summed E-state index contributed by atoms with van der Waals surface area (Å²) in [5.41, 5.74) is 14.8. The molecule has 0 saturated heterocycles. The zero-order valence-electron chi connectivity index (χ0n) is 14.8. The fraction of sp³-hybridized carbons (Fsp3) is 0.286. The quantitative estimate of drug-likeness (QED) is 0.751. The molecule has 1 aliphatic carbocycles. The summed E-state index contributed by atoms with van der Waals surface area (Å²) in [6, 6.07) is 9.67. The van der Waals surface area contributed by atoms with Crippen molar-refractivity contribution in [3.63, 3.8) is 0 Å². The third kappa shape index (κ3) is 2.48. The standard InChI is InChI=1S/C21H22FN3/c1-12-10-14(19-8-9-24-25(19)3)11-13(2)20(12)15-4-6-17(22)21-16(15)5-7-18(21)23/h4,6,8-11,18H,5,7,23H2,1-3H3/t18-/m1/s1. The molecular formula is C21H22FN3. The predicted molar refractivity (Wildman–Crippen MR) is 98.8 cm³/mol. The monoisotopic (exact) mass is 335 g/mol. The Kier molecular flexibility index (Phi) is 3.73. The minimum absolute atomic E-state index is 0.175. The summed E-state index contributed by atoms with van der Waals surface area (Å²) in [5, 5.41) is 4.26. The number of fused-ring (bicyclic) bond motifs is 1. The number of hydrogen-bond acceptors (Lipinski definition) is 2. The van der Waals surface area contributed by atoms with Gasteiger partial charge >= 0.3 is 0 Å². The summed E-state index contributed by atoms with van der Waals surface area (Å²) in [7, 11) is 1.95. The average Bonchev–Trinajstić information content (AvgIpc) is 3.15. The summed E-state index contributed by atoms with van der Waals surface area (Å²) < 4.78 is 16.1. The van der Waals surface area contributed by atoms with Crippen LogP contribution in [-0.2, 0) is 13.5 Å². The largest absolute Gasteiger partial charge is 0.324 e. The summed E-state index contributed by atoms with van der Waals surface area (Å²) in [6.07, 6.45) is 3.46. The van der Waals surface area contributed by atoms with Gasteiger partial charge in [0.15, 0.2) is 0 Å². The minimum atomic E-state index is -0.190. The first-order valence-electron chi connectivity index (χ1n) is 8.64. The first kappa shape index (κ1) is 16.0. The van der Waals surface area contributed by atoms with E-state index in [2.05, 4.69) is 31.1 Å². The normalized spacial score (nSPS) is 16.3. The van der Waals surface area contributed by atoms with Crippen LogP contribution in [-0.4, -0.2) is 9.78 Å². The Hall–Kier alpha value is -2.46. The van der Waals surface area contributed by atoms with E-state index in [-0.39, 0.29) is 11.9 Å². The van der Waals surface area contributed by atoms with Gasteiger partial charge in [0, 0.05) is 30.4 Å². The van der Waals surface area contributed by atoms with Crippen LogP contribution in [0.2, 0.25) is 0 Å². The van der Waals surface area contributed by atoms with Crippen LogP contribution in [0.25, 0.3) is 22.4 Å². The van der Waals surface area contributed by atoms with Crippen LogP contribution in [0.15, 0.2) is 36.5 Å². The number of aryl methyl sites for hydroxylation is 3. The van der Waals surface area contributed by atoms with E-state index in [9.17, 15) is 4.39 Å². The van der Waals surface area contributed by atoms with Crippen LogP contribution < -0.4 is 5.73 Å². The zero-order valence-corrected chi connectivity index (χ0v) is 14.8. The van der Waals surface area contributed by atoms with Crippen LogP contribution in [0.3, 0.4) is 0 Å². The van der Waals surface area contributed by atoms with Gasteiger partial charge < -0.3 is 5.73 Å². The molecule has 128 valence electrons. The minimum Gasteiger partial charge on any atom is -0.324 e. The Morgan fingerprint density at radius 2 is 1.88 bits per heavy atom. The number of benzene rings is 2. The lowest BCUT2D eigenvalue weighted by atomic mass is 9.88. The second kappa shape index (κ2) is 5.81. The maximum Gasteiger partial charge on any atom is 0.128 e. The molecule has 2 N–H and O–H groups in total. The number of rotatable bonds is 2. The fourth-order valence-electron chi connectivity index (χ4n) is 4.18. The molecule has 0 bridgehead atoms. The predicted octanol–water partition coefficient (Wildman–Crippen LogP) is 4.46. The summed E-state index contributed by atoms with van der Waals surface area (Å²) in [4.78, 5) is 0. The Morgan fingerprint density at radius 1 is 1.16 bits per heavy atom. The summed E-state index contributed by atoms with van der Waals surface area (Å²) >= 11 is 0. The first-order valence-corrected chi connectivity index (χ1v) is 8.64. The molecule has 2 aromatic carbocycles. The van der Waals surface area contributed by atoms with Gasteiger partial charge in [-0.25, -0.2) is 4.39 Å². The van der Waals surface area contributed by atoms with E-state index >= 15 is 0 Å². The van der Waals surface area contributed by atoms with Crippen LogP contribution in [0.4, 0.5) is 4.39 Å². The molecule has 1 aliphatic rings. The Bertz CT molecular complexity index is 948. The molecule has 4 rings (SSSR count). The van der Waals surface area contributed by atoms with E-state index in [0.717, 1.165) is 35.2 Å². The number of hydrogen-bond donors (Lipinski definition) is 1. The number of nitrogens with zero attached hydrogens (tertiary/aromatic N) is 2. The van der Waals surface area contributed by atoms with Crippen molar-refractivity contribution in [2.75, 3.05) is 0 Å². The van der Waals surface area contributed by atoms with E-state index in [0.29, 0.717) is 5.56 Å².